The molecule has 4 N–H and O–H groups in total. The molecule has 0 aliphatic rings. The van der Waals surface area contributed by atoms with Crippen LogP contribution in [0.1, 0.15) is 27.2 Å². The van der Waals surface area contributed by atoms with E-state index in [1.54, 1.807) is 6.92 Å². The second kappa shape index (κ2) is 7.74. The van der Waals surface area contributed by atoms with Crippen LogP contribution in [0.15, 0.2) is 9.59 Å². The Labute approximate surface area is 118 Å². The number of rotatable bonds is 8. The molecule has 0 spiro atoms. The van der Waals surface area contributed by atoms with Gasteiger partial charge >= 0.3 is 5.69 Å². The van der Waals surface area contributed by atoms with Gasteiger partial charge in [-0.15, -0.1) is 0 Å². The lowest BCUT2D eigenvalue weighted by Crippen LogP contribution is -2.34. The molecule has 0 aliphatic heterocycles. The summed E-state index contributed by atoms with van der Waals surface area (Å²) in [5.74, 6) is 0.762. The summed E-state index contributed by atoms with van der Waals surface area (Å²) in [5, 5.41) is 2.92. The SMILES string of the molecule is CCn1c(N)c(NCCOCCC(C)C)c(=O)[nH]c1=O. The summed E-state index contributed by atoms with van der Waals surface area (Å²) in [5.41, 5.74) is 5.04. The second-order valence-corrected chi connectivity index (χ2v) is 4.99. The van der Waals surface area contributed by atoms with Crippen LogP contribution in [0.2, 0.25) is 0 Å². The molecule has 0 saturated carbocycles. The molecule has 0 aliphatic carbocycles. The van der Waals surface area contributed by atoms with Crippen LogP contribution in [0.5, 0.6) is 0 Å². The first kappa shape index (κ1) is 16.3. The molecule has 0 bridgehead atoms. The largest absolute Gasteiger partial charge is 0.383 e. The molecule has 0 saturated heterocycles. The van der Waals surface area contributed by atoms with Gasteiger partial charge < -0.3 is 15.8 Å². The van der Waals surface area contributed by atoms with E-state index in [1.165, 1.54) is 4.57 Å². The summed E-state index contributed by atoms with van der Waals surface area (Å²) in [4.78, 5) is 25.4. The number of anilines is 2. The van der Waals surface area contributed by atoms with Crippen molar-refractivity contribution in [1.82, 2.24) is 9.55 Å². The summed E-state index contributed by atoms with van der Waals surface area (Å²) in [6.45, 7) is 8.10. The predicted molar refractivity (Wildman–Crippen MR) is 80.2 cm³/mol. The van der Waals surface area contributed by atoms with E-state index in [4.69, 9.17) is 10.5 Å². The molecule has 0 radical (unpaired) electrons. The fourth-order valence-electron chi connectivity index (χ4n) is 1.74. The normalized spacial score (nSPS) is 11.0. The molecule has 1 aromatic heterocycles. The van der Waals surface area contributed by atoms with Crippen molar-refractivity contribution < 1.29 is 4.74 Å². The van der Waals surface area contributed by atoms with Crippen LogP contribution in [0.25, 0.3) is 0 Å². The average Bonchev–Trinajstić information content (AvgIpc) is 2.36. The quantitative estimate of drug-likeness (QED) is 0.607. The maximum Gasteiger partial charge on any atom is 0.330 e. The Hall–Kier alpha value is -1.76. The van der Waals surface area contributed by atoms with E-state index < -0.39 is 11.2 Å². The molecule has 0 amide bonds. The topological polar surface area (TPSA) is 102 Å². The second-order valence-electron chi connectivity index (χ2n) is 4.99. The molecule has 114 valence electrons. The van der Waals surface area contributed by atoms with Gasteiger partial charge in [-0.1, -0.05) is 13.8 Å². The first-order valence-electron chi connectivity index (χ1n) is 6.91. The van der Waals surface area contributed by atoms with Crippen LogP contribution in [-0.4, -0.2) is 29.3 Å². The number of nitrogens with one attached hydrogen (secondary N) is 2. The van der Waals surface area contributed by atoms with E-state index >= 15 is 0 Å². The van der Waals surface area contributed by atoms with Gasteiger partial charge in [0.15, 0.2) is 0 Å². The highest BCUT2D eigenvalue weighted by Gasteiger charge is 2.10. The van der Waals surface area contributed by atoms with Crippen LogP contribution in [-0.2, 0) is 11.3 Å². The molecule has 0 fully saturated rings. The molecular formula is C13H24N4O3. The molecule has 7 heteroatoms. The lowest BCUT2D eigenvalue weighted by molar-refractivity contribution is 0.132. The van der Waals surface area contributed by atoms with E-state index in [9.17, 15) is 9.59 Å². The third kappa shape index (κ3) is 4.41. The third-order valence-corrected chi connectivity index (χ3v) is 2.94. The van der Waals surface area contributed by atoms with Crippen LogP contribution in [0.3, 0.4) is 0 Å². The van der Waals surface area contributed by atoms with Crippen molar-refractivity contribution in [2.75, 3.05) is 30.8 Å². The maximum atomic E-state index is 11.7. The van der Waals surface area contributed by atoms with Gasteiger partial charge in [-0.2, -0.15) is 0 Å². The Morgan fingerprint density at radius 3 is 2.65 bits per heavy atom. The molecule has 7 nitrogen and oxygen atoms in total. The molecule has 0 atom stereocenters. The van der Waals surface area contributed by atoms with Crippen LogP contribution in [0.4, 0.5) is 11.5 Å². The fraction of sp³-hybridized carbons (Fsp3) is 0.692. The van der Waals surface area contributed by atoms with Crippen molar-refractivity contribution in [2.24, 2.45) is 5.92 Å². The molecule has 0 unspecified atom stereocenters. The summed E-state index contributed by atoms with van der Waals surface area (Å²) in [6.07, 6.45) is 1.00. The number of hydrogen-bond acceptors (Lipinski definition) is 5. The van der Waals surface area contributed by atoms with Gasteiger partial charge in [0.2, 0.25) is 0 Å². The van der Waals surface area contributed by atoms with E-state index in [2.05, 4.69) is 24.1 Å². The lowest BCUT2D eigenvalue weighted by atomic mass is 10.1. The predicted octanol–water partition coefficient (Wildman–Crippen LogP) is 0.613. The van der Waals surface area contributed by atoms with Crippen molar-refractivity contribution >= 4 is 11.5 Å². The smallest absolute Gasteiger partial charge is 0.330 e. The highest BCUT2D eigenvalue weighted by atomic mass is 16.5. The maximum absolute atomic E-state index is 11.7. The fourth-order valence-corrected chi connectivity index (χ4v) is 1.74. The van der Waals surface area contributed by atoms with Gasteiger partial charge in [0, 0.05) is 19.7 Å². The molecule has 20 heavy (non-hydrogen) atoms. The van der Waals surface area contributed by atoms with Crippen molar-refractivity contribution in [1.29, 1.82) is 0 Å². The highest BCUT2D eigenvalue weighted by molar-refractivity contribution is 5.60. The molecule has 0 aromatic carbocycles. The standard InChI is InChI=1S/C13H24N4O3/c1-4-17-11(14)10(12(18)16-13(17)19)15-6-8-20-7-5-9(2)3/h9,15H,4-8,14H2,1-3H3,(H,16,18,19). The Balaban J connectivity index is 2.56. The number of aromatic nitrogens is 2. The van der Waals surface area contributed by atoms with E-state index in [0.717, 1.165) is 6.42 Å². The van der Waals surface area contributed by atoms with Crippen molar-refractivity contribution in [3.8, 4) is 0 Å². The first-order valence-corrected chi connectivity index (χ1v) is 6.91. The zero-order valence-corrected chi connectivity index (χ0v) is 12.4. The Bertz CT molecular complexity index is 533. The number of hydrogen-bond donors (Lipinski definition) is 3. The molecule has 1 rings (SSSR count). The Morgan fingerprint density at radius 2 is 2.05 bits per heavy atom. The summed E-state index contributed by atoms with van der Waals surface area (Å²) < 4.78 is 6.75. The van der Waals surface area contributed by atoms with Crippen LogP contribution >= 0.6 is 0 Å². The monoisotopic (exact) mass is 284 g/mol. The zero-order chi connectivity index (χ0) is 15.1. The summed E-state index contributed by atoms with van der Waals surface area (Å²) >= 11 is 0. The number of H-pyrrole nitrogens is 1. The molecular weight excluding hydrogens is 260 g/mol. The Kier molecular flexibility index (Phi) is 6.30. The minimum absolute atomic E-state index is 0.156. The van der Waals surface area contributed by atoms with E-state index in [0.29, 0.717) is 32.2 Å². The van der Waals surface area contributed by atoms with Gasteiger partial charge in [-0.25, -0.2) is 4.79 Å². The number of nitrogens with two attached hydrogens (primary N) is 1. The van der Waals surface area contributed by atoms with Gasteiger partial charge in [0.05, 0.1) is 6.61 Å². The Morgan fingerprint density at radius 1 is 1.35 bits per heavy atom. The van der Waals surface area contributed by atoms with E-state index in [-0.39, 0.29) is 11.5 Å². The zero-order valence-electron chi connectivity index (χ0n) is 12.4. The minimum atomic E-state index is -0.501. The number of nitrogen functional groups attached to an aromatic ring is 1. The molecule has 1 heterocycles. The van der Waals surface area contributed by atoms with Crippen molar-refractivity contribution in [2.45, 2.75) is 33.7 Å². The average molecular weight is 284 g/mol. The number of ether oxygens (including phenoxy) is 1. The third-order valence-electron chi connectivity index (χ3n) is 2.94. The minimum Gasteiger partial charge on any atom is -0.383 e. The van der Waals surface area contributed by atoms with E-state index in [1.807, 2.05) is 0 Å². The van der Waals surface area contributed by atoms with Gasteiger partial charge in [0.25, 0.3) is 5.56 Å². The summed E-state index contributed by atoms with van der Waals surface area (Å²) in [7, 11) is 0. The lowest BCUT2D eigenvalue weighted by Gasteiger charge is -2.12. The molecule has 1 aromatic rings. The number of nitrogens with zero attached hydrogens (tertiary/aromatic N) is 1. The van der Waals surface area contributed by atoms with Gasteiger partial charge in [-0.3, -0.25) is 14.3 Å². The summed E-state index contributed by atoms with van der Waals surface area (Å²) in [6, 6.07) is 0. The van der Waals surface area contributed by atoms with Crippen molar-refractivity contribution in [3.05, 3.63) is 20.8 Å². The van der Waals surface area contributed by atoms with Crippen molar-refractivity contribution in [3.63, 3.8) is 0 Å². The first-order chi connectivity index (χ1) is 9.47. The number of aromatic amines is 1. The van der Waals surface area contributed by atoms with Crippen LogP contribution in [0, 0.1) is 5.92 Å². The van der Waals surface area contributed by atoms with Gasteiger partial charge in [-0.05, 0) is 19.3 Å². The van der Waals surface area contributed by atoms with Crippen LogP contribution < -0.4 is 22.3 Å². The van der Waals surface area contributed by atoms with Gasteiger partial charge in [0.1, 0.15) is 11.5 Å². The highest BCUT2D eigenvalue weighted by Crippen LogP contribution is 2.09.